The molecular weight excluding hydrogens is 288 g/mol. The first-order chi connectivity index (χ1) is 11.2. The van der Waals surface area contributed by atoms with Gasteiger partial charge in [-0.1, -0.05) is 0 Å². The predicted octanol–water partition coefficient (Wildman–Crippen LogP) is 3.08. The molecule has 0 spiro atoms. The maximum absolute atomic E-state index is 8.53. The number of benzene rings is 1. The largest absolute Gasteiger partial charge is 0.494 e. The average Bonchev–Trinajstić information content (AvgIpc) is 3.11. The zero-order valence-electron chi connectivity index (χ0n) is 13.4. The van der Waals surface area contributed by atoms with E-state index >= 15 is 0 Å². The van der Waals surface area contributed by atoms with Crippen molar-refractivity contribution in [2.75, 3.05) is 30.3 Å². The molecule has 2 aromatic rings. The van der Waals surface area contributed by atoms with Gasteiger partial charge in [-0.25, -0.2) is 4.98 Å². The van der Waals surface area contributed by atoms with Crippen LogP contribution in [0.25, 0.3) is 0 Å². The molecule has 1 aliphatic heterocycles. The molecular formula is C18H22N4O. The Bertz CT molecular complexity index is 708. The molecule has 1 fully saturated rings. The number of nitrogen functional groups attached to an aromatic ring is 1. The van der Waals surface area contributed by atoms with Crippen LogP contribution in [0.3, 0.4) is 0 Å². The van der Waals surface area contributed by atoms with Crippen LogP contribution in [0.2, 0.25) is 0 Å². The normalized spacial score (nSPS) is 14.0. The Morgan fingerprint density at radius 3 is 2.78 bits per heavy atom. The van der Waals surface area contributed by atoms with Gasteiger partial charge in [0, 0.05) is 36.1 Å². The van der Waals surface area contributed by atoms with Crippen molar-refractivity contribution in [2.24, 2.45) is 0 Å². The summed E-state index contributed by atoms with van der Waals surface area (Å²) >= 11 is 0. The Balaban J connectivity index is 1.91. The monoisotopic (exact) mass is 310 g/mol. The average molecular weight is 310 g/mol. The van der Waals surface area contributed by atoms with E-state index in [0.717, 1.165) is 30.2 Å². The maximum Gasteiger partial charge on any atom is 0.129 e. The summed E-state index contributed by atoms with van der Waals surface area (Å²) in [6.45, 7) is 4.59. The molecule has 1 aliphatic rings. The number of aromatic nitrogens is 1. The summed E-state index contributed by atoms with van der Waals surface area (Å²) in [4.78, 5) is 6.70. The summed E-state index contributed by atoms with van der Waals surface area (Å²) in [5.41, 5.74) is 8.55. The van der Waals surface area contributed by atoms with Gasteiger partial charge in [-0.15, -0.1) is 0 Å². The van der Waals surface area contributed by atoms with Crippen LogP contribution in [0.5, 0.6) is 5.75 Å². The van der Waals surface area contributed by atoms with Gasteiger partial charge < -0.3 is 15.4 Å². The van der Waals surface area contributed by atoms with Crippen LogP contribution in [0.4, 0.5) is 11.5 Å². The molecule has 1 saturated heterocycles. The molecule has 0 aliphatic carbocycles. The van der Waals surface area contributed by atoms with Gasteiger partial charge in [0.1, 0.15) is 11.6 Å². The van der Waals surface area contributed by atoms with E-state index in [1.165, 1.54) is 12.8 Å². The molecule has 3 N–H and O–H groups in total. The van der Waals surface area contributed by atoms with E-state index < -0.39 is 0 Å². The van der Waals surface area contributed by atoms with Crippen LogP contribution in [0, 0.1) is 5.41 Å². The summed E-state index contributed by atoms with van der Waals surface area (Å²) in [6.07, 6.45) is 4.17. The third-order valence-electron chi connectivity index (χ3n) is 4.07. The van der Waals surface area contributed by atoms with Gasteiger partial charge >= 0.3 is 0 Å². The highest BCUT2D eigenvalue weighted by Crippen LogP contribution is 2.25. The molecule has 1 aromatic heterocycles. The summed E-state index contributed by atoms with van der Waals surface area (Å²) in [5, 5.41) is 8.53. The Labute approximate surface area is 136 Å². The minimum atomic E-state index is 0.395. The van der Waals surface area contributed by atoms with E-state index in [2.05, 4.69) is 9.88 Å². The van der Waals surface area contributed by atoms with Crippen molar-refractivity contribution < 1.29 is 4.74 Å². The molecule has 0 radical (unpaired) electrons. The first-order valence-corrected chi connectivity index (χ1v) is 8.01. The fourth-order valence-corrected chi connectivity index (χ4v) is 2.86. The lowest BCUT2D eigenvalue weighted by Crippen LogP contribution is -2.19. The van der Waals surface area contributed by atoms with Crippen LogP contribution in [0.1, 0.15) is 30.9 Å². The highest BCUT2D eigenvalue weighted by Gasteiger charge is 2.16. The van der Waals surface area contributed by atoms with Crippen LogP contribution in [0.15, 0.2) is 36.5 Å². The number of rotatable bonds is 5. The minimum Gasteiger partial charge on any atom is -0.494 e. The smallest absolute Gasteiger partial charge is 0.129 e. The topological polar surface area (TPSA) is 75.2 Å². The first kappa shape index (κ1) is 15.3. The maximum atomic E-state index is 8.53. The van der Waals surface area contributed by atoms with Crippen LogP contribution >= 0.6 is 0 Å². The number of nitrogens with zero attached hydrogens (tertiary/aromatic N) is 2. The molecule has 23 heavy (non-hydrogen) atoms. The SMILES string of the molecule is CCOc1ccc(N)c(C(=N)c2ccnc(N3CCCC3)c2)c1. The predicted molar refractivity (Wildman–Crippen MR) is 93.6 cm³/mol. The Morgan fingerprint density at radius 1 is 1.26 bits per heavy atom. The van der Waals surface area contributed by atoms with Gasteiger partial charge in [0.25, 0.3) is 0 Å². The molecule has 120 valence electrons. The number of pyridine rings is 1. The quantitative estimate of drug-likeness (QED) is 0.657. The van der Waals surface area contributed by atoms with Gasteiger partial charge in [0.05, 0.1) is 12.3 Å². The first-order valence-electron chi connectivity index (χ1n) is 8.01. The number of nitrogens with two attached hydrogens (primary N) is 1. The van der Waals surface area contributed by atoms with E-state index in [0.29, 0.717) is 23.6 Å². The van der Waals surface area contributed by atoms with E-state index in [4.69, 9.17) is 15.9 Å². The van der Waals surface area contributed by atoms with E-state index in [1.807, 2.05) is 31.2 Å². The number of anilines is 2. The van der Waals surface area contributed by atoms with Crippen molar-refractivity contribution in [1.82, 2.24) is 4.98 Å². The zero-order valence-corrected chi connectivity index (χ0v) is 13.4. The lowest BCUT2D eigenvalue weighted by Gasteiger charge is -2.17. The minimum absolute atomic E-state index is 0.395. The summed E-state index contributed by atoms with van der Waals surface area (Å²) < 4.78 is 5.52. The molecule has 2 heterocycles. The van der Waals surface area contributed by atoms with Gasteiger partial charge in [-0.3, -0.25) is 5.41 Å². The summed E-state index contributed by atoms with van der Waals surface area (Å²) in [7, 11) is 0. The number of hydrogen-bond donors (Lipinski definition) is 2. The molecule has 0 amide bonds. The van der Waals surface area contributed by atoms with Gasteiger partial charge in [-0.05, 0) is 50.1 Å². The van der Waals surface area contributed by atoms with Gasteiger partial charge in [-0.2, -0.15) is 0 Å². The summed E-state index contributed by atoms with van der Waals surface area (Å²) in [5.74, 6) is 1.67. The van der Waals surface area contributed by atoms with E-state index in [-0.39, 0.29) is 0 Å². The van der Waals surface area contributed by atoms with Crippen molar-refractivity contribution in [1.29, 1.82) is 5.41 Å². The highest BCUT2D eigenvalue weighted by molar-refractivity contribution is 6.14. The van der Waals surface area contributed by atoms with Gasteiger partial charge in [0.15, 0.2) is 0 Å². The molecule has 0 saturated carbocycles. The third kappa shape index (κ3) is 3.28. The second kappa shape index (κ2) is 6.69. The fraction of sp³-hybridized carbons (Fsp3) is 0.333. The lowest BCUT2D eigenvalue weighted by molar-refractivity contribution is 0.340. The molecule has 0 unspecified atom stereocenters. The molecule has 1 aromatic carbocycles. The zero-order chi connectivity index (χ0) is 16.2. The van der Waals surface area contributed by atoms with Crippen molar-refractivity contribution in [3.05, 3.63) is 47.7 Å². The Hall–Kier alpha value is -2.56. The standard InChI is InChI=1S/C18H22N4O/c1-2-23-14-5-6-16(19)15(12-14)18(20)13-7-8-21-17(11-13)22-9-3-4-10-22/h5-8,11-12,20H,2-4,9-10,19H2,1H3. The Morgan fingerprint density at radius 2 is 2.04 bits per heavy atom. The second-order valence-corrected chi connectivity index (χ2v) is 5.65. The van der Waals surface area contributed by atoms with Crippen LogP contribution in [-0.4, -0.2) is 30.4 Å². The van der Waals surface area contributed by atoms with Crippen molar-refractivity contribution in [3.63, 3.8) is 0 Å². The Kier molecular flexibility index (Phi) is 4.46. The number of hydrogen-bond acceptors (Lipinski definition) is 5. The fourth-order valence-electron chi connectivity index (χ4n) is 2.86. The lowest BCUT2D eigenvalue weighted by atomic mass is 10.0. The van der Waals surface area contributed by atoms with Crippen molar-refractivity contribution >= 4 is 17.2 Å². The van der Waals surface area contributed by atoms with Crippen LogP contribution < -0.4 is 15.4 Å². The molecule has 5 nitrogen and oxygen atoms in total. The third-order valence-corrected chi connectivity index (χ3v) is 4.07. The summed E-state index contributed by atoms with van der Waals surface area (Å²) in [6, 6.07) is 9.28. The number of nitrogens with one attached hydrogen (secondary N) is 1. The van der Waals surface area contributed by atoms with Crippen LogP contribution in [-0.2, 0) is 0 Å². The molecule has 0 bridgehead atoms. The molecule has 3 rings (SSSR count). The molecule has 5 heteroatoms. The van der Waals surface area contributed by atoms with Gasteiger partial charge in [0.2, 0.25) is 0 Å². The highest BCUT2D eigenvalue weighted by atomic mass is 16.5. The van der Waals surface area contributed by atoms with Crippen molar-refractivity contribution in [2.45, 2.75) is 19.8 Å². The number of ether oxygens (including phenoxy) is 1. The van der Waals surface area contributed by atoms with E-state index in [9.17, 15) is 0 Å². The molecule has 0 atom stereocenters. The van der Waals surface area contributed by atoms with E-state index in [1.54, 1.807) is 12.3 Å². The van der Waals surface area contributed by atoms with Crippen molar-refractivity contribution in [3.8, 4) is 5.75 Å². The second-order valence-electron chi connectivity index (χ2n) is 5.65.